The van der Waals surface area contributed by atoms with Crippen LogP contribution in [0.1, 0.15) is 64.7 Å². The Morgan fingerprint density at radius 1 is 0.750 bits per heavy atom. The van der Waals surface area contributed by atoms with Crippen LogP contribution in [-0.2, 0) is 0 Å². The molecule has 0 aromatic rings. The van der Waals surface area contributed by atoms with Gasteiger partial charge in [0, 0.05) is 0 Å². The quantitative estimate of drug-likeness (QED) is 0.234. The third-order valence-corrected chi connectivity index (χ3v) is 2.64. The molecule has 0 aliphatic carbocycles. The second-order valence-corrected chi connectivity index (χ2v) is 4.28. The predicted octanol–water partition coefficient (Wildman–Crippen LogP) is 5.82. The van der Waals surface area contributed by atoms with E-state index in [1.54, 1.807) is 0 Å². The van der Waals surface area contributed by atoms with Crippen molar-refractivity contribution in [2.24, 2.45) is 0 Å². The molecule has 0 aromatic heterocycles. The number of hydrogen-bond donors (Lipinski definition) is 0. The average Bonchev–Trinajstić information content (AvgIpc) is 2.31. The molecule has 0 aromatic carbocycles. The monoisotopic (exact) mass is 220 g/mol. The minimum atomic E-state index is 1.15. The minimum Gasteiger partial charge on any atom is -0.103 e. The lowest BCUT2D eigenvalue weighted by molar-refractivity contribution is 0.674. The molecule has 0 amide bonds. The van der Waals surface area contributed by atoms with Crippen molar-refractivity contribution in [2.75, 3.05) is 0 Å². The van der Waals surface area contributed by atoms with Gasteiger partial charge in [0.05, 0.1) is 0 Å². The van der Waals surface area contributed by atoms with Gasteiger partial charge >= 0.3 is 0 Å². The Balaban J connectivity index is 3.18. The first-order valence-corrected chi connectivity index (χ1v) is 6.84. The second kappa shape index (κ2) is 14.2. The van der Waals surface area contributed by atoms with Crippen molar-refractivity contribution in [3.8, 4) is 0 Å². The third kappa shape index (κ3) is 13.2. The lowest BCUT2D eigenvalue weighted by Crippen LogP contribution is -1.73. The maximum absolute atomic E-state index is 3.72. The highest BCUT2D eigenvalue weighted by Crippen LogP contribution is 2.03. The molecule has 0 aliphatic heterocycles. The smallest absolute Gasteiger partial charge is 0.0347 e. The van der Waals surface area contributed by atoms with E-state index in [0.29, 0.717) is 0 Å². The van der Waals surface area contributed by atoms with Gasteiger partial charge in [0.2, 0.25) is 0 Å². The third-order valence-electron chi connectivity index (χ3n) is 2.64. The van der Waals surface area contributed by atoms with E-state index >= 15 is 0 Å². The molecule has 0 heteroatoms. The van der Waals surface area contributed by atoms with E-state index in [-0.39, 0.29) is 0 Å². The number of hydrogen-bond acceptors (Lipinski definition) is 0. The summed E-state index contributed by atoms with van der Waals surface area (Å²) in [7, 11) is 0. The van der Waals surface area contributed by atoms with Crippen molar-refractivity contribution >= 4 is 0 Å². The van der Waals surface area contributed by atoms with Crippen molar-refractivity contribution in [1.29, 1.82) is 0 Å². The van der Waals surface area contributed by atoms with Gasteiger partial charge in [-0.2, -0.15) is 0 Å². The molecule has 0 atom stereocenters. The zero-order chi connectivity index (χ0) is 11.9. The molecule has 0 N–H and O–H groups in total. The standard InChI is InChI=1S/C16H28/c1-3-5-7-9-11-13-15-16-14-12-10-8-6-4-2/h3,13-16H,1,4-12H2,2H3. The van der Waals surface area contributed by atoms with Gasteiger partial charge in [-0.05, 0) is 38.5 Å². The van der Waals surface area contributed by atoms with Crippen LogP contribution < -0.4 is 0 Å². The first-order chi connectivity index (χ1) is 7.91. The Morgan fingerprint density at radius 2 is 1.31 bits per heavy atom. The molecule has 0 aliphatic rings. The molecule has 0 rings (SSSR count). The van der Waals surface area contributed by atoms with Gasteiger partial charge in [-0.1, -0.05) is 56.6 Å². The van der Waals surface area contributed by atoms with Crippen molar-refractivity contribution in [2.45, 2.75) is 64.7 Å². The van der Waals surface area contributed by atoms with E-state index in [2.05, 4.69) is 37.8 Å². The minimum absolute atomic E-state index is 1.15. The van der Waals surface area contributed by atoms with E-state index in [4.69, 9.17) is 0 Å². The van der Waals surface area contributed by atoms with E-state index < -0.39 is 0 Å². The van der Waals surface area contributed by atoms with Crippen molar-refractivity contribution in [3.63, 3.8) is 0 Å². The maximum Gasteiger partial charge on any atom is -0.0347 e. The molecule has 0 fully saturated rings. The maximum atomic E-state index is 3.72. The van der Waals surface area contributed by atoms with Crippen LogP contribution in [0, 0.1) is 0 Å². The normalized spacial score (nSPS) is 11.6. The fraction of sp³-hybridized carbons (Fsp3) is 0.625. The van der Waals surface area contributed by atoms with Crippen LogP contribution >= 0.6 is 0 Å². The predicted molar refractivity (Wildman–Crippen MR) is 75.7 cm³/mol. The highest BCUT2D eigenvalue weighted by molar-refractivity contribution is 5.02. The largest absolute Gasteiger partial charge is 0.103 e. The zero-order valence-corrected chi connectivity index (χ0v) is 11.0. The summed E-state index contributed by atoms with van der Waals surface area (Å²) in [6.45, 7) is 5.98. The Morgan fingerprint density at radius 3 is 1.88 bits per heavy atom. The molecule has 0 nitrogen and oxygen atoms in total. The van der Waals surface area contributed by atoms with Crippen LogP contribution in [0.15, 0.2) is 37.0 Å². The van der Waals surface area contributed by atoms with Gasteiger partial charge in [0.1, 0.15) is 0 Å². The second-order valence-electron chi connectivity index (χ2n) is 4.28. The number of unbranched alkanes of at least 4 members (excludes halogenated alkanes) is 7. The molecule has 0 radical (unpaired) electrons. The summed E-state index contributed by atoms with van der Waals surface area (Å²) in [4.78, 5) is 0. The Labute approximate surface area is 102 Å². The lowest BCUT2D eigenvalue weighted by atomic mass is 10.1. The van der Waals surface area contributed by atoms with E-state index in [0.717, 1.165) is 6.42 Å². The molecule has 16 heavy (non-hydrogen) atoms. The van der Waals surface area contributed by atoms with E-state index in [1.165, 1.54) is 51.4 Å². The summed E-state index contributed by atoms with van der Waals surface area (Å²) < 4.78 is 0. The summed E-state index contributed by atoms with van der Waals surface area (Å²) >= 11 is 0. The van der Waals surface area contributed by atoms with Gasteiger partial charge in [-0.15, -0.1) is 6.58 Å². The van der Waals surface area contributed by atoms with Gasteiger partial charge in [-0.3, -0.25) is 0 Å². The first-order valence-electron chi connectivity index (χ1n) is 6.84. The fourth-order valence-corrected chi connectivity index (χ4v) is 1.59. The summed E-state index contributed by atoms with van der Waals surface area (Å²) in [6.07, 6.45) is 22.5. The molecular weight excluding hydrogens is 192 g/mol. The molecule has 0 bridgehead atoms. The van der Waals surface area contributed by atoms with E-state index in [9.17, 15) is 0 Å². The van der Waals surface area contributed by atoms with Crippen LogP contribution in [0.2, 0.25) is 0 Å². The number of rotatable bonds is 11. The van der Waals surface area contributed by atoms with Crippen LogP contribution in [0.5, 0.6) is 0 Å². The van der Waals surface area contributed by atoms with Gasteiger partial charge in [0.25, 0.3) is 0 Å². The first kappa shape index (κ1) is 15.2. The van der Waals surface area contributed by atoms with Gasteiger partial charge in [-0.25, -0.2) is 0 Å². The summed E-state index contributed by atoms with van der Waals surface area (Å²) in [5.41, 5.74) is 0. The highest BCUT2D eigenvalue weighted by Gasteiger charge is 1.83. The van der Waals surface area contributed by atoms with Crippen molar-refractivity contribution in [1.82, 2.24) is 0 Å². The van der Waals surface area contributed by atoms with Gasteiger partial charge in [0.15, 0.2) is 0 Å². The highest BCUT2D eigenvalue weighted by atomic mass is 13.9. The zero-order valence-electron chi connectivity index (χ0n) is 11.0. The lowest BCUT2D eigenvalue weighted by Gasteiger charge is -1.93. The van der Waals surface area contributed by atoms with Crippen molar-refractivity contribution < 1.29 is 0 Å². The van der Waals surface area contributed by atoms with Crippen LogP contribution in [-0.4, -0.2) is 0 Å². The van der Waals surface area contributed by atoms with Crippen LogP contribution in [0.4, 0.5) is 0 Å². The van der Waals surface area contributed by atoms with Crippen molar-refractivity contribution in [3.05, 3.63) is 37.0 Å². The molecule has 0 heterocycles. The van der Waals surface area contributed by atoms with Crippen LogP contribution in [0.3, 0.4) is 0 Å². The molecule has 0 spiro atoms. The topological polar surface area (TPSA) is 0 Å². The average molecular weight is 220 g/mol. The molecule has 0 saturated carbocycles. The Hall–Kier alpha value is -0.780. The SMILES string of the molecule is C=CCCCCC=CC=CCCCCCC. The Kier molecular flexibility index (Phi) is 13.5. The Bertz CT molecular complexity index is 186. The summed E-state index contributed by atoms with van der Waals surface area (Å²) in [5, 5.41) is 0. The number of allylic oxidation sites excluding steroid dienone is 5. The molecule has 92 valence electrons. The summed E-state index contributed by atoms with van der Waals surface area (Å²) in [6, 6.07) is 0. The van der Waals surface area contributed by atoms with Gasteiger partial charge < -0.3 is 0 Å². The molecule has 0 saturated heterocycles. The molecule has 0 unspecified atom stereocenters. The molecular formula is C16H28. The van der Waals surface area contributed by atoms with E-state index in [1.807, 2.05) is 6.08 Å². The fourth-order valence-electron chi connectivity index (χ4n) is 1.59. The summed E-state index contributed by atoms with van der Waals surface area (Å²) in [5.74, 6) is 0. The van der Waals surface area contributed by atoms with Crippen LogP contribution in [0.25, 0.3) is 0 Å².